The van der Waals surface area contributed by atoms with Crippen LogP contribution in [0.2, 0.25) is 0 Å². The lowest BCUT2D eigenvalue weighted by atomic mass is 9.97. The molecule has 0 saturated carbocycles. The van der Waals surface area contributed by atoms with Crippen molar-refractivity contribution in [1.29, 1.82) is 5.41 Å². The van der Waals surface area contributed by atoms with Crippen molar-refractivity contribution < 1.29 is 32.3 Å². The summed E-state index contributed by atoms with van der Waals surface area (Å²) in [7, 11) is -3.67. The molecule has 0 bridgehead atoms. The third kappa shape index (κ3) is 9.32. The fourth-order valence-electron chi connectivity index (χ4n) is 4.44. The number of rotatable bonds is 9. The number of carbonyl (C=O) groups is 4. The van der Waals surface area contributed by atoms with Crippen LogP contribution in [-0.4, -0.2) is 62.9 Å². The highest BCUT2D eigenvalue weighted by molar-refractivity contribution is 7.92. The van der Waals surface area contributed by atoms with Crippen molar-refractivity contribution in [1.82, 2.24) is 16.0 Å². The van der Waals surface area contributed by atoms with Gasteiger partial charge in [0.1, 0.15) is 24.4 Å². The Morgan fingerprint density at radius 2 is 1.84 bits per heavy atom. The summed E-state index contributed by atoms with van der Waals surface area (Å²) in [6.45, 7) is 3.70. The molecule has 0 spiro atoms. The third-order valence-electron chi connectivity index (χ3n) is 6.96. The van der Waals surface area contributed by atoms with Gasteiger partial charge in [0.2, 0.25) is 27.7 Å². The van der Waals surface area contributed by atoms with Crippen LogP contribution in [0.1, 0.15) is 59.4 Å². The molecule has 0 saturated heterocycles. The van der Waals surface area contributed by atoms with E-state index in [0.29, 0.717) is 18.4 Å². The van der Waals surface area contributed by atoms with Crippen LogP contribution in [0, 0.1) is 11.3 Å². The first-order valence-electron chi connectivity index (χ1n) is 13.9. The van der Waals surface area contributed by atoms with Gasteiger partial charge >= 0.3 is 0 Å². The van der Waals surface area contributed by atoms with Crippen LogP contribution in [0.3, 0.4) is 0 Å². The largest absolute Gasteiger partial charge is 0.488 e. The number of primary amides is 1. The van der Waals surface area contributed by atoms with Gasteiger partial charge in [-0.1, -0.05) is 26.3 Å². The molecule has 1 aliphatic heterocycles. The molecule has 1 heterocycles. The number of ether oxygens (including phenoxy) is 1. The standard InChI is InChI=1S/C28H38N8O7S/c1-4-15(2)23-27(40)33-20(6-5-11-32-28(30)31)26(39)34-21-12-16(24(29)37)7-8-17(21)14-43-22-10-9-18(36-44(3,41)42)13-19(22)25(38)35-23/h7-10,12-13,15,20,23,36H,4-6,11,14H2,1-3H3,(H2,29,37)(H,33,40)(H,34,39)(H,35,38)(H4,30,31,32)/t15?,20?,23-/m0/s1. The number of fused-ring (bicyclic) bond motifs is 2. The van der Waals surface area contributed by atoms with Crippen molar-refractivity contribution >= 4 is 51.0 Å². The zero-order valence-electron chi connectivity index (χ0n) is 24.7. The fourth-order valence-corrected chi connectivity index (χ4v) is 4.99. The number of nitrogens with two attached hydrogens (primary N) is 2. The maximum Gasteiger partial charge on any atom is 0.255 e. The summed E-state index contributed by atoms with van der Waals surface area (Å²) in [5, 5.41) is 18.2. The van der Waals surface area contributed by atoms with Crippen molar-refractivity contribution in [2.24, 2.45) is 17.4 Å². The minimum atomic E-state index is -3.67. The van der Waals surface area contributed by atoms with Gasteiger partial charge in [0.05, 0.1) is 11.8 Å². The van der Waals surface area contributed by atoms with Crippen LogP contribution < -0.4 is 42.2 Å². The van der Waals surface area contributed by atoms with E-state index in [0.717, 1.165) is 6.26 Å². The molecule has 238 valence electrons. The first-order valence-corrected chi connectivity index (χ1v) is 15.7. The number of carbonyl (C=O) groups excluding carboxylic acids is 4. The summed E-state index contributed by atoms with van der Waals surface area (Å²) in [6, 6.07) is 6.34. The summed E-state index contributed by atoms with van der Waals surface area (Å²) < 4.78 is 32.0. The van der Waals surface area contributed by atoms with Gasteiger partial charge in [-0.2, -0.15) is 0 Å². The molecule has 1 aliphatic rings. The molecule has 16 heteroatoms. The lowest BCUT2D eigenvalue weighted by Gasteiger charge is -2.27. The number of sulfonamides is 1. The molecule has 2 unspecified atom stereocenters. The number of anilines is 2. The van der Waals surface area contributed by atoms with E-state index in [2.05, 4.69) is 26.0 Å². The fraction of sp³-hybridized carbons (Fsp3) is 0.393. The van der Waals surface area contributed by atoms with Gasteiger partial charge in [-0.3, -0.25) is 29.3 Å². The summed E-state index contributed by atoms with van der Waals surface area (Å²) >= 11 is 0. The normalized spacial score (nSPS) is 18.1. The molecule has 0 fully saturated rings. The third-order valence-corrected chi connectivity index (χ3v) is 7.57. The second kappa shape index (κ2) is 14.5. The Balaban J connectivity index is 2.11. The number of hydrogen-bond donors (Lipinski definition) is 8. The van der Waals surface area contributed by atoms with E-state index in [4.69, 9.17) is 21.6 Å². The molecule has 44 heavy (non-hydrogen) atoms. The van der Waals surface area contributed by atoms with E-state index in [1.54, 1.807) is 6.92 Å². The maximum atomic E-state index is 13.6. The average Bonchev–Trinajstić information content (AvgIpc) is 2.94. The Labute approximate surface area is 255 Å². The van der Waals surface area contributed by atoms with Gasteiger partial charge in [-0.05, 0) is 49.1 Å². The van der Waals surface area contributed by atoms with E-state index >= 15 is 0 Å². The minimum Gasteiger partial charge on any atom is -0.488 e. The molecule has 15 nitrogen and oxygen atoms in total. The Morgan fingerprint density at radius 3 is 2.48 bits per heavy atom. The molecule has 4 amide bonds. The van der Waals surface area contributed by atoms with Crippen molar-refractivity contribution in [2.75, 3.05) is 22.8 Å². The highest BCUT2D eigenvalue weighted by Gasteiger charge is 2.31. The molecule has 3 atom stereocenters. The van der Waals surface area contributed by atoms with E-state index in [-0.39, 0.29) is 59.7 Å². The number of amides is 4. The van der Waals surface area contributed by atoms with Gasteiger partial charge < -0.3 is 37.5 Å². The van der Waals surface area contributed by atoms with Crippen molar-refractivity contribution in [2.45, 2.75) is 51.8 Å². The summed E-state index contributed by atoms with van der Waals surface area (Å²) in [6.07, 6.45) is 1.96. The second-order valence-electron chi connectivity index (χ2n) is 10.5. The smallest absolute Gasteiger partial charge is 0.255 e. The van der Waals surface area contributed by atoms with Gasteiger partial charge in [-0.15, -0.1) is 0 Å². The summed E-state index contributed by atoms with van der Waals surface area (Å²) in [4.78, 5) is 52.7. The number of benzene rings is 2. The van der Waals surface area contributed by atoms with E-state index in [1.807, 2.05) is 6.92 Å². The van der Waals surface area contributed by atoms with Crippen molar-refractivity contribution in [3.05, 3.63) is 53.1 Å². The summed E-state index contributed by atoms with van der Waals surface area (Å²) in [5.74, 6) is -3.18. The first-order chi connectivity index (χ1) is 20.7. The van der Waals surface area contributed by atoms with Crippen LogP contribution >= 0.6 is 0 Å². The molecule has 10 N–H and O–H groups in total. The zero-order chi connectivity index (χ0) is 32.6. The first kappa shape index (κ1) is 33.6. The van der Waals surface area contributed by atoms with E-state index in [9.17, 15) is 27.6 Å². The van der Waals surface area contributed by atoms with Gasteiger partial charge in [0.25, 0.3) is 5.91 Å². The zero-order valence-corrected chi connectivity index (χ0v) is 25.5. The maximum absolute atomic E-state index is 13.6. The van der Waals surface area contributed by atoms with Gasteiger partial charge in [-0.25, -0.2) is 8.42 Å². The molecule has 0 aromatic heterocycles. The molecule has 2 aromatic carbocycles. The Bertz CT molecular complexity index is 1550. The molecular formula is C28H38N8O7S. The highest BCUT2D eigenvalue weighted by Crippen LogP contribution is 2.27. The van der Waals surface area contributed by atoms with Crippen LogP contribution in [-0.2, 0) is 26.2 Å². The topological polar surface area (TPSA) is 248 Å². The van der Waals surface area contributed by atoms with Crippen molar-refractivity contribution in [3.63, 3.8) is 0 Å². The Morgan fingerprint density at radius 1 is 1.11 bits per heavy atom. The number of nitrogens with one attached hydrogen (secondary N) is 6. The van der Waals surface area contributed by atoms with E-state index in [1.165, 1.54) is 36.4 Å². The summed E-state index contributed by atoms with van der Waals surface area (Å²) in [5.41, 5.74) is 11.6. The molecule has 3 rings (SSSR count). The Kier molecular flexibility index (Phi) is 11.1. The van der Waals surface area contributed by atoms with Gasteiger partial charge in [0.15, 0.2) is 5.96 Å². The number of guanidine groups is 1. The van der Waals surface area contributed by atoms with Crippen LogP contribution in [0.25, 0.3) is 0 Å². The highest BCUT2D eigenvalue weighted by atomic mass is 32.2. The quantitative estimate of drug-likeness (QED) is 0.109. The lowest BCUT2D eigenvalue weighted by Crippen LogP contribution is -2.55. The second-order valence-corrected chi connectivity index (χ2v) is 12.2. The monoisotopic (exact) mass is 630 g/mol. The predicted octanol–water partition coefficient (Wildman–Crippen LogP) is 0.581. The molecule has 0 aliphatic carbocycles. The minimum absolute atomic E-state index is 0.0389. The van der Waals surface area contributed by atoms with Crippen LogP contribution in [0.15, 0.2) is 36.4 Å². The molecule has 2 aromatic rings. The van der Waals surface area contributed by atoms with Crippen LogP contribution in [0.4, 0.5) is 11.4 Å². The van der Waals surface area contributed by atoms with E-state index < -0.39 is 45.7 Å². The number of hydrogen-bond acceptors (Lipinski definition) is 8. The molecule has 0 radical (unpaired) electrons. The Hall–Kier alpha value is -4.86. The van der Waals surface area contributed by atoms with Crippen molar-refractivity contribution in [3.8, 4) is 5.75 Å². The van der Waals surface area contributed by atoms with Crippen LogP contribution in [0.5, 0.6) is 5.75 Å². The predicted molar refractivity (Wildman–Crippen MR) is 165 cm³/mol. The average molecular weight is 631 g/mol. The molecular weight excluding hydrogens is 592 g/mol. The SMILES string of the molecule is CCC(C)[C@@H]1NC(=O)c2cc(NS(C)(=O)=O)ccc2OCc2ccc(C(N)=O)cc2NC(=O)C(CCCNC(=N)N)NC1=O. The van der Waals surface area contributed by atoms with Gasteiger partial charge in [0, 0.05) is 29.0 Å². The lowest BCUT2D eigenvalue weighted by molar-refractivity contribution is -0.128.